The Morgan fingerprint density at radius 1 is 0.750 bits per heavy atom. The maximum atomic E-state index is 12.5. The van der Waals surface area contributed by atoms with Gasteiger partial charge in [-0.3, -0.25) is 4.79 Å². The van der Waals surface area contributed by atoms with Gasteiger partial charge < -0.3 is 5.32 Å². The molecule has 1 amide bonds. The summed E-state index contributed by atoms with van der Waals surface area (Å²) in [7, 11) is 0. The molecule has 0 aliphatic carbocycles. The Kier molecular flexibility index (Phi) is 4.18. The number of carbonyl (C=O) groups is 1. The Morgan fingerprint density at radius 3 is 2.21 bits per heavy atom. The van der Waals surface area contributed by atoms with Crippen molar-refractivity contribution in [2.45, 2.75) is 0 Å². The van der Waals surface area contributed by atoms with Gasteiger partial charge in [-0.1, -0.05) is 78.9 Å². The SMILES string of the molecule is O=C1NC(=Nc2cccc3ccccc23)S/C1=C/c1cccc2ccccc12. The number of carbonyl (C=O) groups excluding carboxylic acids is 1. The van der Waals surface area contributed by atoms with Crippen LogP contribution in [-0.4, -0.2) is 11.1 Å². The number of fused-ring (bicyclic) bond motifs is 2. The van der Waals surface area contributed by atoms with E-state index in [9.17, 15) is 4.79 Å². The number of benzene rings is 4. The molecule has 0 saturated carbocycles. The van der Waals surface area contributed by atoms with Gasteiger partial charge in [-0.25, -0.2) is 4.99 Å². The van der Waals surface area contributed by atoms with Gasteiger partial charge in [-0.2, -0.15) is 0 Å². The summed E-state index contributed by atoms with van der Waals surface area (Å²) >= 11 is 1.38. The van der Waals surface area contributed by atoms with Crippen LogP contribution in [0.1, 0.15) is 5.56 Å². The van der Waals surface area contributed by atoms with Crippen LogP contribution in [0.3, 0.4) is 0 Å². The van der Waals surface area contributed by atoms with E-state index in [0.29, 0.717) is 10.1 Å². The van der Waals surface area contributed by atoms with Gasteiger partial charge in [0, 0.05) is 5.39 Å². The largest absolute Gasteiger partial charge is 0.300 e. The van der Waals surface area contributed by atoms with Crippen LogP contribution in [0.2, 0.25) is 0 Å². The van der Waals surface area contributed by atoms with E-state index < -0.39 is 0 Å². The summed E-state index contributed by atoms with van der Waals surface area (Å²) < 4.78 is 0. The molecule has 4 heteroatoms. The molecule has 5 rings (SSSR count). The van der Waals surface area contributed by atoms with Crippen molar-refractivity contribution in [1.29, 1.82) is 0 Å². The van der Waals surface area contributed by atoms with E-state index in [-0.39, 0.29) is 5.91 Å². The zero-order valence-corrected chi connectivity index (χ0v) is 15.7. The number of amidine groups is 1. The van der Waals surface area contributed by atoms with E-state index in [4.69, 9.17) is 4.99 Å². The van der Waals surface area contributed by atoms with Crippen molar-refractivity contribution in [3.63, 3.8) is 0 Å². The van der Waals surface area contributed by atoms with Gasteiger partial charge in [-0.15, -0.1) is 0 Å². The summed E-state index contributed by atoms with van der Waals surface area (Å²) in [6, 6.07) is 28.4. The van der Waals surface area contributed by atoms with E-state index in [1.807, 2.05) is 60.7 Å². The molecule has 1 aliphatic rings. The molecule has 0 radical (unpaired) electrons. The number of nitrogens with one attached hydrogen (secondary N) is 1. The number of hydrogen-bond donors (Lipinski definition) is 1. The van der Waals surface area contributed by atoms with Crippen LogP contribution in [0.25, 0.3) is 27.6 Å². The lowest BCUT2D eigenvalue weighted by atomic mass is 10.0. The zero-order valence-electron chi connectivity index (χ0n) is 14.9. The van der Waals surface area contributed by atoms with Crippen LogP contribution < -0.4 is 5.32 Å². The third kappa shape index (κ3) is 3.08. The van der Waals surface area contributed by atoms with Gasteiger partial charge in [0.15, 0.2) is 5.17 Å². The van der Waals surface area contributed by atoms with Crippen LogP contribution in [0.4, 0.5) is 5.69 Å². The lowest BCUT2D eigenvalue weighted by Crippen LogP contribution is -2.19. The van der Waals surface area contributed by atoms with Crippen molar-refractivity contribution in [1.82, 2.24) is 5.32 Å². The van der Waals surface area contributed by atoms with Crippen molar-refractivity contribution in [2.75, 3.05) is 0 Å². The molecular weight excluding hydrogens is 364 g/mol. The molecule has 0 unspecified atom stereocenters. The third-order valence-electron chi connectivity index (χ3n) is 4.75. The lowest BCUT2D eigenvalue weighted by molar-refractivity contribution is -0.115. The number of rotatable bonds is 2. The second-order valence-electron chi connectivity index (χ2n) is 6.55. The monoisotopic (exact) mass is 380 g/mol. The molecule has 3 nitrogen and oxygen atoms in total. The first kappa shape index (κ1) is 16.8. The van der Waals surface area contributed by atoms with E-state index >= 15 is 0 Å². The van der Waals surface area contributed by atoms with Gasteiger partial charge in [0.05, 0.1) is 10.6 Å². The normalized spacial score (nSPS) is 16.9. The smallest absolute Gasteiger partial charge is 0.264 e. The van der Waals surface area contributed by atoms with Crippen LogP contribution in [0, 0.1) is 0 Å². The first-order valence-electron chi connectivity index (χ1n) is 9.03. The van der Waals surface area contributed by atoms with E-state index in [1.165, 1.54) is 11.8 Å². The molecule has 0 bridgehead atoms. The lowest BCUT2D eigenvalue weighted by Gasteiger charge is -2.02. The Labute approximate surface area is 166 Å². The maximum absolute atomic E-state index is 12.5. The highest BCUT2D eigenvalue weighted by atomic mass is 32.2. The third-order valence-corrected chi connectivity index (χ3v) is 5.66. The quantitative estimate of drug-likeness (QED) is 0.441. The Hall–Kier alpha value is -3.37. The fourth-order valence-corrected chi connectivity index (χ4v) is 4.24. The van der Waals surface area contributed by atoms with Gasteiger partial charge >= 0.3 is 0 Å². The summed E-state index contributed by atoms with van der Waals surface area (Å²) in [4.78, 5) is 17.8. The van der Waals surface area contributed by atoms with Crippen LogP contribution in [0.5, 0.6) is 0 Å². The van der Waals surface area contributed by atoms with Crippen LogP contribution in [0.15, 0.2) is 94.8 Å². The molecule has 4 aromatic rings. The molecule has 28 heavy (non-hydrogen) atoms. The molecule has 1 saturated heterocycles. The van der Waals surface area contributed by atoms with E-state index in [0.717, 1.165) is 32.8 Å². The summed E-state index contributed by atoms with van der Waals surface area (Å²) in [5, 5.41) is 7.98. The number of aliphatic imine (C=N–C) groups is 1. The minimum Gasteiger partial charge on any atom is -0.300 e. The number of thioether (sulfide) groups is 1. The Balaban J connectivity index is 1.52. The maximum Gasteiger partial charge on any atom is 0.264 e. The molecule has 4 aromatic carbocycles. The Bertz CT molecular complexity index is 1280. The second-order valence-corrected chi connectivity index (χ2v) is 7.58. The molecule has 1 N–H and O–H groups in total. The van der Waals surface area contributed by atoms with Gasteiger partial charge in [-0.05, 0) is 45.6 Å². The minimum atomic E-state index is -0.114. The average Bonchev–Trinajstić information content (AvgIpc) is 3.07. The van der Waals surface area contributed by atoms with Crippen molar-refractivity contribution in [3.05, 3.63) is 95.4 Å². The highest BCUT2D eigenvalue weighted by Gasteiger charge is 2.24. The highest BCUT2D eigenvalue weighted by molar-refractivity contribution is 8.18. The number of amides is 1. The predicted octanol–water partition coefficient (Wildman–Crippen LogP) is 5.88. The molecule has 1 heterocycles. The first-order valence-corrected chi connectivity index (χ1v) is 9.85. The molecular formula is C24H16N2OS. The fourth-order valence-electron chi connectivity index (χ4n) is 3.41. The second kappa shape index (κ2) is 6.98. The van der Waals surface area contributed by atoms with Gasteiger partial charge in [0.2, 0.25) is 0 Å². The van der Waals surface area contributed by atoms with Gasteiger partial charge in [0.25, 0.3) is 5.91 Å². The summed E-state index contributed by atoms with van der Waals surface area (Å²) in [5.41, 5.74) is 1.88. The highest BCUT2D eigenvalue weighted by Crippen LogP contribution is 2.32. The summed E-state index contributed by atoms with van der Waals surface area (Å²) in [6.45, 7) is 0. The molecule has 0 atom stereocenters. The zero-order chi connectivity index (χ0) is 18.9. The van der Waals surface area contributed by atoms with Crippen molar-refractivity contribution >= 4 is 56.1 Å². The minimum absolute atomic E-state index is 0.114. The predicted molar refractivity (Wildman–Crippen MR) is 119 cm³/mol. The molecule has 134 valence electrons. The van der Waals surface area contributed by atoms with Crippen molar-refractivity contribution < 1.29 is 4.79 Å². The van der Waals surface area contributed by atoms with Crippen LogP contribution >= 0.6 is 11.8 Å². The summed E-state index contributed by atoms with van der Waals surface area (Å²) in [6.07, 6.45) is 1.94. The molecule has 0 spiro atoms. The average molecular weight is 380 g/mol. The van der Waals surface area contributed by atoms with Crippen molar-refractivity contribution in [3.8, 4) is 0 Å². The topological polar surface area (TPSA) is 41.5 Å². The first-order chi connectivity index (χ1) is 13.8. The van der Waals surface area contributed by atoms with E-state index in [2.05, 4.69) is 35.6 Å². The molecule has 1 aliphatic heterocycles. The number of nitrogens with zero attached hydrogens (tertiary/aromatic N) is 1. The standard InChI is InChI=1S/C24H16N2OS/c27-23-22(15-18-11-5-9-16-7-1-3-12-19(16)18)28-24(26-23)25-21-14-6-10-17-8-2-4-13-20(17)21/h1-15H,(H,25,26,27)/b22-15+. The van der Waals surface area contributed by atoms with Gasteiger partial charge in [0.1, 0.15) is 0 Å². The van der Waals surface area contributed by atoms with E-state index in [1.54, 1.807) is 0 Å². The summed E-state index contributed by atoms with van der Waals surface area (Å²) in [5.74, 6) is -0.114. The number of hydrogen-bond acceptors (Lipinski definition) is 3. The molecule has 0 aromatic heterocycles. The van der Waals surface area contributed by atoms with Crippen LogP contribution in [-0.2, 0) is 4.79 Å². The molecule has 1 fully saturated rings. The Morgan fingerprint density at radius 2 is 1.39 bits per heavy atom. The van der Waals surface area contributed by atoms with Crippen molar-refractivity contribution in [2.24, 2.45) is 4.99 Å². The fraction of sp³-hybridized carbons (Fsp3) is 0.